The molecule has 1 unspecified atom stereocenters. The van der Waals surface area contributed by atoms with Gasteiger partial charge >= 0.3 is 12.1 Å². The van der Waals surface area contributed by atoms with Crippen LogP contribution in [-0.4, -0.2) is 50.6 Å². The number of alkyl halides is 3. The summed E-state index contributed by atoms with van der Waals surface area (Å²) < 4.78 is 43.7. The normalized spacial score (nSPS) is 15.1. The zero-order valence-electron chi connectivity index (χ0n) is 22.4. The fraction of sp³-hybridized carbons (Fsp3) is 0.167. The number of amides is 2. The van der Waals surface area contributed by atoms with E-state index in [4.69, 9.17) is 4.74 Å². The fourth-order valence-corrected chi connectivity index (χ4v) is 5.12. The van der Waals surface area contributed by atoms with Crippen molar-refractivity contribution in [3.8, 4) is 11.3 Å². The number of imide groups is 1. The molecular weight excluding hydrogens is 585 g/mol. The summed E-state index contributed by atoms with van der Waals surface area (Å²) in [5.41, 5.74) is 1.60. The van der Waals surface area contributed by atoms with E-state index < -0.39 is 41.4 Å². The molecule has 5 rings (SSSR count). The van der Waals surface area contributed by atoms with E-state index in [1.807, 2.05) is 6.92 Å². The number of aromatic nitrogens is 3. The van der Waals surface area contributed by atoms with Crippen LogP contribution in [0.1, 0.15) is 38.3 Å². The Balaban J connectivity index is 1.21. The molecule has 1 saturated heterocycles. The molecule has 0 radical (unpaired) electrons. The van der Waals surface area contributed by atoms with Crippen molar-refractivity contribution < 1.29 is 37.1 Å². The Labute approximate surface area is 247 Å². The second-order valence-electron chi connectivity index (χ2n) is 9.49. The van der Waals surface area contributed by atoms with Gasteiger partial charge in [0.1, 0.15) is 5.25 Å². The highest BCUT2D eigenvalue weighted by Gasteiger charge is 2.41. The lowest BCUT2D eigenvalue weighted by molar-refractivity contribution is -0.137. The Bertz CT molecular complexity index is 1700. The molecule has 0 spiro atoms. The average molecular weight is 607 g/mol. The highest BCUT2D eigenvalue weighted by atomic mass is 32.2. The number of ketones is 1. The average Bonchev–Trinajstić information content (AvgIpc) is 3.27. The number of ether oxygens (including phenoxy) is 1. The summed E-state index contributed by atoms with van der Waals surface area (Å²) in [6, 6.07) is 16.8. The summed E-state index contributed by atoms with van der Waals surface area (Å²) in [5.74, 6) is -2.10. The lowest BCUT2D eigenvalue weighted by atomic mass is 10.1. The molecule has 1 fully saturated rings. The van der Waals surface area contributed by atoms with Crippen LogP contribution in [0.15, 0.2) is 84.1 Å². The van der Waals surface area contributed by atoms with Gasteiger partial charge in [-0.15, -0.1) is 5.10 Å². The first-order valence-corrected chi connectivity index (χ1v) is 13.7. The van der Waals surface area contributed by atoms with Crippen LogP contribution in [0.4, 0.5) is 18.9 Å². The van der Waals surface area contributed by atoms with Crippen molar-refractivity contribution in [2.45, 2.75) is 29.9 Å². The lowest BCUT2D eigenvalue weighted by Crippen LogP contribution is -2.31. The van der Waals surface area contributed by atoms with Crippen LogP contribution in [-0.2, 0) is 20.5 Å². The molecule has 43 heavy (non-hydrogen) atoms. The van der Waals surface area contributed by atoms with Gasteiger partial charge in [-0.1, -0.05) is 53.7 Å². The highest BCUT2D eigenvalue weighted by Crippen LogP contribution is 2.34. The molecule has 0 aliphatic carbocycles. The molecule has 2 heterocycles. The summed E-state index contributed by atoms with van der Waals surface area (Å²) in [4.78, 5) is 55.9. The van der Waals surface area contributed by atoms with Crippen molar-refractivity contribution in [2.24, 2.45) is 0 Å². The maximum atomic E-state index is 13.1. The van der Waals surface area contributed by atoms with Crippen LogP contribution in [0.5, 0.6) is 0 Å². The first-order valence-electron chi connectivity index (χ1n) is 12.8. The monoisotopic (exact) mass is 606 g/mol. The van der Waals surface area contributed by atoms with Crippen molar-refractivity contribution in [1.29, 1.82) is 0 Å². The minimum absolute atomic E-state index is 0.0728. The second kappa shape index (κ2) is 12.1. The molecule has 1 aliphatic heterocycles. The molecule has 0 N–H and O–H groups in total. The Kier molecular flexibility index (Phi) is 8.35. The number of carbonyl (C=O) groups is 4. The number of rotatable bonds is 8. The van der Waals surface area contributed by atoms with E-state index in [1.54, 1.807) is 24.3 Å². The molecule has 218 valence electrons. The van der Waals surface area contributed by atoms with Gasteiger partial charge < -0.3 is 4.74 Å². The molecule has 1 aliphatic rings. The van der Waals surface area contributed by atoms with E-state index in [0.29, 0.717) is 11.1 Å². The Morgan fingerprint density at radius 3 is 2.26 bits per heavy atom. The van der Waals surface area contributed by atoms with Gasteiger partial charge in [0.05, 0.1) is 28.7 Å². The number of carbonyl (C=O) groups excluding carboxylic acids is 4. The van der Waals surface area contributed by atoms with E-state index in [2.05, 4.69) is 15.2 Å². The third-order valence-electron chi connectivity index (χ3n) is 6.47. The van der Waals surface area contributed by atoms with E-state index in [0.717, 1.165) is 34.4 Å². The largest absolute Gasteiger partial charge is 0.454 e. The number of halogens is 3. The highest BCUT2D eigenvalue weighted by molar-refractivity contribution is 8.00. The number of nitrogens with zero attached hydrogens (tertiary/aromatic N) is 4. The van der Waals surface area contributed by atoms with Crippen LogP contribution < -0.4 is 4.90 Å². The molecule has 3 aromatic carbocycles. The van der Waals surface area contributed by atoms with Gasteiger partial charge in [0.15, 0.2) is 12.4 Å². The minimum atomic E-state index is -4.48. The number of esters is 1. The van der Waals surface area contributed by atoms with Gasteiger partial charge in [-0.05, 0) is 43.3 Å². The summed E-state index contributed by atoms with van der Waals surface area (Å²) in [6.07, 6.45) is -3.34. The molecule has 1 atom stereocenters. The zero-order valence-corrected chi connectivity index (χ0v) is 23.2. The second-order valence-corrected chi connectivity index (χ2v) is 10.7. The molecule has 9 nitrogen and oxygen atoms in total. The number of benzene rings is 3. The van der Waals surface area contributed by atoms with Crippen LogP contribution in [0.3, 0.4) is 0 Å². The molecule has 0 saturated carbocycles. The van der Waals surface area contributed by atoms with Gasteiger partial charge in [0.25, 0.3) is 0 Å². The summed E-state index contributed by atoms with van der Waals surface area (Å²) in [7, 11) is 0. The molecule has 0 bridgehead atoms. The number of anilines is 1. The predicted octanol–water partition coefficient (Wildman–Crippen LogP) is 5.33. The van der Waals surface area contributed by atoms with E-state index in [1.165, 1.54) is 42.6 Å². The molecule has 2 amide bonds. The molecule has 13 heteroatoms. The Morgan fingerprint density at radius 2 is 1.60 bits per heavy atom. The van der Waals surface area contributed by atoms with Crippen LogP contribution in [0.2, 0.25) is 0 Å². The van der Waals surface area contributed by atoms with Crippen molar-refractivity contribution in [3.63, 3.8) is 0 Å². The topological polar surface area (TPSA) is 119 Å². The quantitative estimate of drug-likeness (QED) is 0.149. The van der Waals surface area contributed by atoms with E-state index >= 15 is 0 Å². The van der Waals surface area contributed by atoms with Gasteiger partial charge in [0, 0.05) is 17.5 Å². The lowest BCUT2D eigenvalue weighted by Gasteiger charge is -2.15. The van der Waals surface area contributed by atoms with Crippen LogP contribution in [0, 0.1) is 6.92 Å². The number of Topliss-reactive ketones (excluding diaryl/α,β-unsaturated/α-hetero) is 1. The smallest absolute Gasteiger partial charge is 0.416 e. The number of hydrogen-bond acceptors (Lipinski definition) is 9. The van der Waals surface area contributed by atoms with Crippen molar-refractivity contribution >= 4 is 41.0 Å². The predicted molar refractivity (Wildman–Crippen MR) is 149 cm³/mol. The Morgan fingerprint density at radius 1 is 0.953 bits per heavy atom. The number of aryl methyl sites for hydroxylation is 1. The van der Waals surface area contributed by atoms with Gasteiger partial charge in [-0.2, -0.15) is 18.3 Å². The van der Waals surface area contributed by atoms with Crippen molar-refractivity contribution in [2.75, 3.05) is 11.5 Å². The summed E-state index contributed by atoms with van der Waals surface area (Å²) >= 11 is 0.911. The van der Waals surface area contributed by atoms with Gasteiger partial charge in [-0.25, -0.2) is 14.7 Å². The van der Waals surface area contributed by atoms with Crippen molar-refractivity contribution in [1.82, 2.24) is 15.2 Å². The van der Waals surface area contributed by atoms with E-state index in [9.17, 15) is 32.3 Å². The van der Waals surface area contributed by atoms with Gasteiger partial charge in [0.2, 0.25) is 17.0 Å². The minimum Gasteiger partial charge on any atom is -0.454 e. The fourth-order valence-electron chi connectivity index (χ4n) is 4.18. The number of thioether (sulfide) groups is 1. The van der Waals surface area contributed by atoms with E-state index in [-0.39, 0.29) is 34.3 Å². The molecular formula is C30H21F3N4O5S. The molecule has 1 aromatic heterocycles. The van der Waals surface area contributed by atoms with Crippen LogP contribution >= 0.6 is 11.8 Å². The number of hydrogen-bond donors (Lipinski definition) is 0. The Hall–Kier alpha value is -4.91. The van der Waals surface area contributed by atoms with Gasteiger partial charge in [-0.3, -0.25) is 14.4 Å². The first-order chi connectivity index (χ1) is 20.5. The first kappa shape index (κ1) is 29.6. The zero-order chi connectivity index (χ0) is 30.7. The standard InChI is InChI=1S/C30H21F3N4O5S/c1-17-2-4-19(5-3-17)24(38)16-42-28(41)20-8-12-22(13-9-20)37-26(39)14-25(27(37)40)43-29-35-23(15-34-36-29)18-6-10-21(11-7-18)30(31,32)33/h2-13,15,25H,14,16H2,1H3. The third-order valence-corrected chi connectivity index (χ3v) is 7.51. The third kappa shape index (κ3) is 6.78. The maximum Gasteiger partial charge on any atom is 0.416 e. The SMILES string of the molecule is Cc1ccc(C(=O)COC(=O)c2ccc(N3C(=O)CC(Sc4nncc(-c5ccc(C(F)(F)F)cc5)n4)C3=O)cc2)cc1. The molecule has 4 aromatic rings. The maximum absolute atomic E-state index is 13.1. The summed E-state index contributed by atoms with van der Waals surface area (Å²) in [5, 5.41) is 6.94. The van der Waals surface area contributed by atoms with Crippen molar-refractivity contribution in [3.05, 3.63) is 101 Å². The van der Waals surface area contributed by atoms with Crippen LogP contribution in [0.25, 0.3) is 11.3 Å². The summed E-state index contributed by atoms with van der Waals surface area (Å²) in [6.45, 7) is 1.45.